The lowest BCUT2D eigenvalue weighted by Crippen LogP contribution is -2.44. The van der Waals surface area contributed by atoms with Crippen molar-refractivity contribution >= 4 is 50.0 Å². The van der Waals surface area contributed by atoms with Gasteiger partial charge < -0.3 is 39.6 Å². The summed E-state index contributed by atoms with van der Waals surface area (Å²) in [6, 6.07) is 2.95. The second kappa shape index (κ2) is 15.2. The van der Waals surface area contributed by atoms with E-state index >= 15 is 0 Å². The lowest BCUT2D eigenvalue weighted by molar-refractivity contribution is -0.396. The Kier molecular flexibility index (Phi) is 10.5. The SMILES string of the molecule is CC(c1cnc([N+](=O)[O-])n1C)N(c1cnc2cc(N3CCOCC3)nc(OC3CCC(Nc4ncc(N5CCN(C)CC5)cn4)CC3)c2c1)S(C)(=O)=O. The zero-order valence-electron chi connectivity index (χ0n) is 30.5. The Hall–Kier alpha value is -4.88. The van der Waals surface area contributed by atoms with Crippen LogP contribution in [0, 0.1) is 10.1 Å². The van der Waals surface area contributed by atoms with Gasteiger partial charge in [0.25, 0.3) is 0 Å². The number of ether oxygens (including phenoxy) is 2. The van der Waals surface area contributed by atoms with Gasteiger partial charge in [0.2, 0.25) is 21.9 Å². The van der Waals surface area contributed by atoms with Crippen LogP contribution in [0.4, 0.5) is 29.1 Å². The van der Waals surface area contributed by atoms with E-state index in [0.29, 0.717) is 60.5 Å². The van der Waals surface area contributed by atoms with Crippen molar-refractivity contribution in [3.8, 4) is 5.88 Å². The minimum absolute atomic E-state index is 0.132. The van der Waals surface area contributed by atoms with Crippen LogP contribution < -0.4 is 24.2 Å². The zero-order valence-corrected chi connectivity index (χ0v) is 31.3. The molecule has 1 atom stereocenters. The molecule has 284 valence electrons. The predicted molar refractivity (Wildman–Crippen MR) is 200 cm³/mol. The third kappa shape index (κ3) is 8.06. The van der Waals surface area contributed by atoms with Gasteiger partial charge in [-0.1, -0.05) is 4.98 Å². The fourth-order valence-electron chi connectivity index (χ4n) is 7.32. The Labute approximate surface area is 308 Å². The summed E-state index contributed by atoms with van der Waals surface area (Å²) in [4.78, 5) is 40.4. The molecule has 1 N–H and O–H groups in total. The Morgan fingerprint density at radius 2 is 1.64 bits per heavy atom. The summed E-state index contributed by atoms with van der Waals surface area (Å²) in [5, 5.41) is 15.6. The van der Waals surface area contributed by atoms with E-state index in [1.54, 1.807) is 13.0 Å². The maximum absolute atomic E-state index is 13.3. The number of hydrogen-bond acceptors (Lipinski definition) is 15. The topological polar surface area (TPSA) is 190 Å². The average molecular weight is 751 g/mol. The van der Waals surface area contributed by atoms with Gasteiger partial charge in [0.15, 0.2) is 0 Å². The Bertz CT molecular complexity index is 2030. The van der Waals surface area contributed by atoms with Gasteiger partial charge in [-0.05, 0) is 50.6 Å². The van der Waals surface area contributed by atoms with Crippen molar-refractivity contribution in [2.24, 2.45) is 7.05 Å². The molecule has 7 rings (SSSR count). The number of pyridine rings is 2. The number of piperazine rings is 1. The first-order chi connectivity index (χ1) is 25.4. The van der Waals surface area contributed by atoms with Crippen molar-refractivity contribution in [3.63, 3.8) is 0 Å². The summed E-state index contributed by atoms with van der Waals surface area (Å²) in [5.74, 6) is 1.31. The van der Waals surface area contributed by atoms with Gasteiger partial charge in [-0.25, -0.2) is 23.0 Å². The third-order valence-electron chi connectivity index (χ3n) is 10.3. The molecule has 4 aromatic rings. The van der Waals surface area contributed by atoms with E-state index in [-0.39, 0.29) is 23.8 Å². The molecular formula is C34H46N12O6S. The molecule has 3 fully saturated rings. The van der Waals surface area contributed by atoms with Crippen LogP contribution in [0.25, 0.3) is 10.9 Å². The quantitative estimate of drug-likeness (QED) is 0.174. The largest absolute Gasteiger partial charge is 0.474 e. The van der Waals surface area contributed by atoms with Crippen LogP contribution in [0.2, 0.25) is 0 Å². The number of hydrogen-bond donors (Lipinski definition) is 1. The summed E-state index contributed by atoms with van der Waals surface area (Å²) < 4.78 is 41.3. The predicted octanol–water partition coefficient (Wildman–Crippen LogP) is 2.98. The van der Waals surface area contributed by atoms with Crippen molar-refractivity contribution in [1.82, 2.24) is 34.4 Å². The zero-order chi connectivity index (χ0) is 37.3. The molecule has 0 radical (unpaired) electrons. The molecule has 1 aliphatic carbocycles. The Morgan fingerprint density at radius 3 is 2.28 bits per heavy atom. The number of aromatic nitrogens is 6. The van der Waals surface area contributed by atoms with Crippen LogP contribution in [0.3, 0.4) is 0 Å². The molecule has 2 saturated heterocycles. The number of fused-ring (bicyclic) bond motifs is 1. The second-order valence-corrected chi connectivity index (χ2v) is 15.8. The van der Waals surface area contributed by atoms with Crippen molar-refractivity contribution in [3.05, 3.63) is 52.7 Å². The van der Waals surface area contributed by atoms with Gasteiger partial charge in [0.05, 0.1) is 73.4 Å². The van der Waals surface area contributed by atoms with Crippen LogP contribution in [0.15, 0.2) is 36.9 Å². The number of rotatable bonds is 11. The maximum atomic E-state index is 13.3. The first-order valence-electron chi connectivity index (χ1n) is 17.9. The number of anilines is 4. The summed E-state index contributed by atoms with van der Waals surface area (Å²) in [6.45, 7) is 8.10. The van der Waals surface area contributed by atoms with E-state index in [1.807, 2.05) is 18.5 Å². The molecule has 0 bridgehead atoms. The van der Waals surface area contributed by atoms with Gasteiger partial charge in [-0.15, -0.1) is 0 Å². The smallest absolute Gasteiger partial charge is 0.434 e. The third-order valence-corrected chi connectivity index (χ3v) is 11.5. The summed E-state index contributed by atoms with van der Waals surface area (Å²) >= 11 is 0. The highest BCUT2D eigenvalue weighted by Gasteiger charge is 2.33. The number of nitro groups is 1. The van der Waals surface area contributed by atoms with E-state index in [0.717, 1.165) is 63.8 Å². The summed E-state index contributed by atoms with van der Waals surface area (Å²) in [5.41, 5.74) is 2.26. The molecule has 4 aromatic heterocycles. The van der Waals surface area contributed by atoms with Crippen LogP contribution in [-0.4, -0.2) is 126 Å². The minimum Gasteiger partial charge on any atom is -0.474 e. The first kappa shape index (κ1) is 36.5. The van der Waals surface area contributed by atoms with E-state index in [4.69, 9.17) is 19.4 Å². The maximum Gasteiger partial charge on any atom is 0.434 e. The summed E-state index contributed by atoms with van der Waals surface area (Å²) in [6.07, 6.45) is 10.8. The van der Waals surface area contributed by atoms with Gasteiger partial charge in [0.1, 0.15) is 23.8 Å². The van der Waals surface area contributed by atoms with Crippen LogP contribution in [0.5, 0.6) is 5.88 Å². The molecule has 53 heavy (non-hydrogen) atoms. The normalized spacial score (nSPS) is 20.7. The summed E-state index contributed by atoms with van der Waals surface area (Å²) in [7, 11) is -0.269. The fourth-order valence-corrected chi connectivity index (χ4v) is 8.48. The van der Waals surface area contributed by atoms with Crippen LogP contribution in [0.1, 0.15) is 44.3 Å². The van der Waals surface area contributed by atoms with Crippen molar-refractivity contribution < 1.29 is 22.8 Å². The Balaban J connectivity index is 1.11. The molecular weight excluding hydrogens is 705 g/mol. The number of morpholine rings is 1. The average Bonchev–Trinajstić information content (AvgIpc) is 3.54. The highest BCUT2D eigenvalue weighted by Crippen LogP contribution is 2.37. The van der Waals surface area contributed by atoms with E-state index in [9.17, 15) is 18.5 Å². The molecule has 19 heteroatoms. The van der Waals surface area contributed by atoms with Gasteiger partial charge in [-0.2, -0.15) is 4.98 Å². The molecule has 6 heterocycles. The van der Waals surface area contributed by atoms with Crippen molar-refractivity contribution in [2.75, 3.05) is 85.2 Å². The number of nitrogens with zero attached hydrogens (tertiary/aromatic N) is 11. The van der Waals surface area contributed by atoms with Gasteiger partial charge in [0, 0.05) is 51.4 Å². The Morgan fingerprint density at radius 1 is 0.943 bits per heavy atom. The molecule has 0 spiro atoms. The number of sulfonamides is 1. The van der Waals surface area contributed by atoms with E-state index < -0.39 is 21.0 Å². The van der Waals surface area contributed by atoms with Crippen LogP contribution in [-0.2, 0) is 21.8 Å². The monoisotopic (exact) mass is 750 g/mol. The highest BCUT2D eigenvalue weighted by molar-refractivity contribution is 7.92. The number of imidazole rings is 1. The minimum atomic E-state index is -3.89. The molecule has 3 aliphatic rings. The van der Waals surface area contributed by atoms with Gasteiger partial charge in [-0.3, -0.25) is 9.29 Å². The van der Waals surface area contributed by atoms with E-state index in [2.05, 4.69) is 42.0 Å². The fraction of sp³-hybridized carbons (Fsp3) is 0.559. The number of nitrogens with one attached hydrogen (secondary N) is 1. The van der Waals surface area contributed by atoms with Gasteiger partial charge >= 0.3 is 5.95 Å². The van der Waals surface area contributed by atoms with Crippen LogP contribution >= 0.6 is 0 Å². The second-order valence-electron chi connectivity index (χ2n) is 14.0. The molecule has 1 saturated carbocycles. The molecule has 1 unspecified atom stereocenters. The molecule has 2 aliphatic heterocycles. The standard InChI is InChI=1S/C34H46N12O6S/c1-23(30-22-38-34(42(30)3)46(47)48)45(53(4,49)50)25-17-28-29(35-19-25)18-31(44-13-15-51-16-14-44)40-32(28)52-27-7-5-24(6-8-27)39-33-36-20-26(21-37-33)43-11-9-41(2)10-12-43/h17-24,27H,5-16H2,1-4H3,(H,36,37,39). The highest BCUT2D eigenvalue weighted by atomic mass is 32.2. The molecule has 18 nitrogen and oxygen atoms in total. The number of likely N-dealkylation sites (N-methyl/N-ethyl adjacent to an activating group) is 1. The molecule has 0 amide bonds. The van der Waals surface area contributed by atoms with E-state index in [1.165, 1.54) is 28.3 Å². The first-order valence-corrected chi connectivity index (χ1v) is 19.8. The van der Waals surface area contributed by atoms with Crippen molar-refractivity contribution in [2.45, 2.75) is 50.8 Å². The molecule has 0 aromatic carbocycles. The lowest BCUT2D eigenvalue weighted by atomic mass is 9.93. The van der Waals surface area contributed by atoms with Crippen molar-refractivity contribution in [1.29, 1.82) is 0 Å². The lowest BCUT2D eigenvalue weighted by Gasteiger charge is -2.33.